The maximum absolute atomic E-state index is 11.9. The van der Waals surface area contributed by atoms with Gasteiger partial charge in [-0.05, 0) is 55.8 Å². The average Bonchev–Trinajstić information content (AvgIpc) is 2.61. The van der Waals surface area contributed by atoms with Gasteiger partial charge in [-0.15, -0.1) is 0 Å². The molecule has 144 valence electrons. The lowest BCUT2D eigenvalue weighted by Gasteiger charge is -2.43. The number of hydrogen-bond donors (Lipinski definition) is 4. The Labute approximate surface area is 154 Å². The van der Waals surface area contributed by atoms with Gasteiger partial charge >= 0.3 is 13.1 Å². The first-order chi connectivity index (χ1) is 12.3. The van der Waals surface area contributed by atoms with Crippen molar-refractivity contribution in [2.24, 2.45) is 17.6 Å². The lowest BCUT2D eigenvalue weighted by molar-refractivity contribution is -0.147. The third kappa shape index (κ3) is 4.90. The second-order valence-electron chi connectivity index (χ2n) is 7.33. The molecule has 1 saturated carbocycles. The van der Waals surface area contributed by atoms with Crippen LogP contribution in [-0.2, 0) is 4.79 Å². The highest BCUT2D eigenvalue weighted by molar-refractivity contribution is 6.40. The molecule has 0 saturated heterocycles. The summed E-state index contributed by atoms with van der Waals surface area (Å²) in [5, 5.41) is 27.9. The molecule has 0 bridgehead atoms. The normalized spacial score (nSPS) is 25.6. The number of methoxy groups -OCH3 is 1. The van der Waals surface area contributed by atoms with Crippen LogP contribution >= 0.6 is 0 Å². The van der Waals surface area contributed by atoms with Gasteiger partial charge in [-0.25, -0.2) is 0 Å². The summed E-state index contributed by atoms with van der Waals surface area (Å²) in [7, 11) is 2.19. The molecule has 2 rings (SSSR count). The maximum atomic E-state index is 11.9. The van der Waals surface area contributed by atoms with Crippen molar-refractivity contribution in [1.29, 1.82) is 0 Å². The number of aliphatic carboxylic acids is 1. The number of ether oxygens (including phenoxy) is 1. The van der Waals surface area contributed by atoms with Crippen LogP contribution in [-0.4, -0.2) is 54.5 Å². The molecular formula is C18H29BN2O5. The van der Waals surface area contributed by atoms with Gasteiger partial charge in [0, 0.05) is 25.2 Å². The summed E-state index contributed by atoms with van der Waals surface area (Å²) in [6.07, 6.45) is 2.73. The van der Waals surface area contributed by atoms with Gasteiger partial charge in [0.25, 0.3) is 0 Å². The number of nitrogens with two attached hydrogens (primary N) is 1. The molecule has 8 heteroatoms. The van der Waals surface area contributed by atoms with Crippen molar-refractivity contribution >= 4 is 18.8 Å². The molecule has 1 aliphatic carbocycles. The third-order valence-electron chi connectivity index (χ3n) is 5.52. The van der Waals surface area contributed by atoms with Crippen molar-refractivity contribution in [1.82, 2.24) is 0 Å². The minimum absolute atomic E-state index is 0.0976. The molecule has 1 aromatic carbocycles. The molecule has 0 heterocycles. The zero-order valence-corrected chi connectivity index (χ0v) is 15.5. The van der Waals surface area contributed by atoms with Crippen LogP contribution in [0.5, 0.6) is 5.75 Å². The number of anilines is 1. The predicted molar refractivity (Wildman–Crippen MR) is 101 cm³/mol. The van der Waals surface area contributed by atoms with Gasteiger partial charge in [-0.2, -0.15) is 0 Å². The lowest BCUT2D eigenvalue weighted by atomic mass is 9.66. The molecule has 0 spiro atoms. The van der Waals surface area contributed by atoms with Crippen LogP contribution in [0, 0.1) is 11.8 Å². The summed E-state index contributed by atoms with van der Waals surface area (Å²) in [6, 6.07) is 7.61. The van der Waals surface area contributed by atoms with E-state index in [1.807, 2.05) is 36.2 Å². The van der Waals surface area contributed by atoms with Crippen LogP contribution in [0.4, 0.5) is 5.69 Å². The van der Waals surface area contributed by atoms with Gasteiger partial charge in [-0.1, -0.05) is 6.42 Å². The second-order valence-corrected chi connectivity index (χ2v) is 7.33. The first-order valence-electron chi connectivity index (χ1n) is 9.00. The van der Waals surface area contributed by atoms with Crippen molar-refractivity contribution in [2.45, 2.75) is 37.5 Å². The molecule has 5 N–H and O–H groups in total. The third-order valence-corrected chi connectivity index (χ3v) is 5.52. The van der Waals surface area contributed by atoms with Crippen LogP contribution in [0.1, 0.15) is 25.7 Å². The Balaban J connectivity index is 2.05. The molecule has 0 aliphatic heterocycles. The number of hydrogen-bond acceptors (Lipinski definition) is 6. The highest BCUT2D eigenvalue weighted by Gasteiger charge is 2.47. The summed E-state index contributed by atoms with van der Waals surface area (Å²) in [5.41, 5.74) is 6.02. The standard InChI is InChI=1S/C18H29BN2O5/c1-21(15-5-7-16(26-2)8-6-15)12-14-4-3-13(9-10-19(24)25)11-18(14,20)17(22)23/h5-8,13-14,24-25H,3-4,9-12,20H2,1-2H3,(H,22,23)/t13-,14-,18+/m1/s1. The van der Waals surface area contributed by atoms with E-state index in [-0.39, 0.29) is 18.2 Å². The minimum atomic E-state index is -1.36. The van der Waals surface area contributed by atoms with Gasteiger partial charge in [0.2, 0.25) is 0 Å². The van der Waals surface area contributed by atoms with Gasteiger partial charge in [-0.3, -0.25) is 4.79 Å². The Morgan fingerprint density at radius 3 is 2.54 bits per heavy atom. The summed E-state index contributed by atoms with van der Waals surface area (Å²) in [6.45, 7) is 0.546. The molecule has 1 aliphatic rings. The van der Waals surface area contributed by atoms with E-state index < -0.39 is 18.6 Å². The maximum Gasteiger partial charge on any atom is 0.451 e. The smallest absolute Gasteiger partial charge is 0.451 e. The monoisotopic (exact) mass is 364 g/mol. The van der Waals surface area contributed by atoms with E-state index in [9.17, 15) is 9.90 Å². The Hall–Kier alpha value is -1.77. The Morgan fingerprint density at radius 2 is 2.00 bits per heavy atom. The molecule has 3 atom stereocenters. The SMILES string of the molecule is COc1ccc(N(C)C[C@H]2CC[C@H](CCB(O)O)C[C@@]2(N)C(=O)O)cc1. The summed E-state index contributed by atoms with van der Waals surface area (Å²) >= 11 is 0. The average molecular weight is 364 g/mol. The molecule has 7 nitrogen and oxygen atoms in total. The van der Waals surface area contributed by atoms with Crippen LogP contribution in [0.2, 0.25) is 6.32 Å². The summed E-state index contributed by atoms with van der Waals surface area (Å²) < 4.78 is 5.16. The van der Waals surface area contributed by atoms with E-state index in [4.69, 9.17) is 20.5 Å². The molecule has 1 fully saturated rings. The number of carboxylic acids is 1. The van der Waals surface area contributed by atoms with Crippen LogP contribution in [0.3, 0.4) is 0 Å². The van der Waals surface area contributed by atoms with Crippen molar-refractivity contribution < 1.29 is 24.7 Å². The zero-order valence-electron chi connectivity index (χ0n) is 15.5. The van der Waals surface area contributed by atoms with Gasteiger partial charge in [0.15, 0.2) is 0 Å². The zero-order chi connectivity index (χ0) is 19.3. The fourth-order valence-electron chi connectivity index (χ4n) is 3.86. The van der Waals surface area contributed by atoms with E-state index in [1.54, 1.807) is 7.11 Å². The molecule has 0 aromatic heterocycles. The van der Waals surface area contributed by atoms with Crippen LogP contribution in [0.15, 0.2) is 24.3 Å². The van der Waals surface area contributed by atoms with Crippen molar-refractivity contribution in [3.05, 3.63) is 24.3 Å². The molecular weight excluding hydrogens is 335 g/mol. The van der Waals surface area contributed by atoms with E-state index in [0.717, 1.165) is 17.9 Å². The number of nitrogens with zero attached hydrogens (tertiary/aromatic N) is 1. The number of carboxylic acid groups (broad SMARTS) is 1. The Morgan fingerprint density at radius 1 is 1.35 bits per heavy atom. The summed E-state index contributed by atoms with van der Waals surface area (Å²) in [5.74, 6) is -0.296. The minimum Gasteiger partial charge on any atom is -0.497 e. The fraction of sp³-hybridized carbons (Fsp3) is 0.611. The van der Waals surface area contributed by atoms with Gasteiger partial charge in [0.05, 0.1) is 7.11 Å². The van der Waals surface area contributed by atoms with E-state index in [1.165, 1.54) is 0 Å². The van der Waals surface area contributed by atoms with E-state index in [0.29, 0.717) is 25.8 Å². The Bertz CT molecular complexity index is 598. The van der Waals surface area contributed by atoms with Crippen LogP contribution in [0.25, 0.3) is 0 Å². The highest BCUT2D eigenvalue weighted by Crippen LogP contribution is 2.39. The molecule has 0 unspecified atom stereocenters. The first kappa shape index (κ1) is 20.5. The molecule has 0 amide bonds. The number of carbonyl (C=O) groups is 1. The lowest BCUT2D eigenvalue weighted by Crippen LogP contribution is -2.59. The quantitative estimate of drug-likeness (QED) is 0.512. The number of benzene rings is 1. The summed E-state index contributed by atoms with van der Waals surface area (Å²) in [4.78, 5) is 13.9. The topological polar surface area (TPSA) is 116 Å². The van der Waals surface area contributed by atoms with Crippen LogP contribution < -0.4 is 15.4 Å². The Kier molecular flexibility index (Phi) is 6.91. The first-order valence-corrected chi connectivity index (χ1v) is 9.00. The number of rotatable bonds is 8. The van der Waals surface area contributed by atoms with Crippen molar-refractivity contribution in [3.8, 4) is 5.75 Å². The molecule has 1 aromatic rings. The largest absolute Gasteiger partial charge is 0.497 e. The van der Waals surface area contributed by atoms with Gasteiger partial charge < -0.3 is 30.5 Å². The molecule has 0 radical (unpaired) electrons. The fourth-order valence-corrected chi connectivity index (χ4v) is 3.86. The molecule has 26 heavy (non-hydrogen) atoms. The van der Waals surface area contributed by atoms with E-state index >= 15 is 0 Å². The predicted octanol–water partition coefficient (Wildman–Crippen LogP) is 1.19. The van der Waals surface area contributed by atoms with Crippen molar-refractivity contribution in [3.63, 3.8) is 0 Å². The second kappa shape index (κ2) is 8.75. The van der Waals surface area contributed by atoms with Crippen molar-refractivity contribution in [2.75, 3.05) is 25.6 Å². The van der Waals surface area contributed by atoms with E-state index in [2.05, 4.69) is 0 Å². The highest BCUT2D eigenvalue weighted by atomic mass is 16.5. The van der Waals surface area contributed by atoms with Gasteiger partial charge in [0.1, 0.15) is 11.3 Å².